The minimum atomic E-state index is -4.61. The van der Waals surface area contributed by atoms with Crippen LogP contribution < -0.4 is 16.2 Å². The maximum absolute atomic E-state index is 13.3. The normalized spacial score (nSPS) is 19.5. The summed E-state index contributed by atoms with van der Waals surface area (Å²) in [5.74, 6) is 0.552. The van der Waals surface area contributed by atoms with Crippen molar-refractivity contribution in [3.05, 3.63) is 75.7 Å². The highest BCUT2D eigenvalue weighted by atomic mass is 19.4. The summed E-state index contributed by atoms with van der Waals surface area (Å²) in [6, 6.07) is 8.66. The average Bonchev–Trinajstić information content (AvgIpc) is 3.23. The molecule has 0 spiro atoms. The summed E-state index contributed by atoms with van der Waals surface area (Å²) in [5.41, 5.74) is 0.0479. The molecule has 11 heteroatoms. The van der Waals surface area contributed by atoms with Gasteiger partial charge in [0.2, 0.25) is 0 Å². The number of hydrogen-bond acceptors (Lipinski definition) is 5. The zero-order chi connectivity index (χ0) is 28.6. The lowest BCUT2D eigenvalue weighted by Gasteiger charge is -2.46. The van der Waals surface area contributed by atoms with Crippen molar-refractivity contribution in [1.29, 1.82) is 0 Å². The Morgan fingerprint density at radius 1 is 1.18 bits per heavy atom. The molecule has 0 radical (unpaired) electrons. The van der Waals surface area contributed by atoms with E-state index in [-0.39, 0.29) is 22.9 Å². The molecular formula is C28H35F3N6O2. The van der Waals surface area contributed by atoms with E-state index in [4.69, 9.17) is 0 Å². The molecule has 8 nitrogen and oxygen atoms in total. The molecule has 3 aromatic rings. The van der Waals surface area contributed by atoms with Crippen LogP contribution in [0, 0.1) is 11.3 Å². The van der Waals surface area contributed by atoms with Crippen LogP contribution in [0.15, 0.2) is 47.7 Å². The predicted molar refractivity (Wildman–Crippen MR) is 142 cm³/mol. The van der Waals surface area contributed by atoms with Gasteiger partial charge in [0.1, 0.15) is 24.3 Å². The van der Waals surface area contributed by atoms with Crippen LogP contribution in [0.25, 0.3) is 0 Å². The minimum absolute atomic E-state index is 0.0494. The fourth-order valence-corrected chi connectivity index (χ4v) is 5.34. The third kappa shape index (κ3) is 6.58. The summed E-state index contributed by atoms with van der Waals surface area (Å²) in [7, 11) is 1.89. The Kier molecular flexibility index (Phi) is 7.75. The third-order valence-electron chi connectivity index (χ3n) is 6.93. The maximum Gasteiger partial charge on any atom is 0.406 e. The SMILES string of the molecule is CC1CC(c2cccc(NC(=O)c3cc(CNCC(C)(C)C)cn(CC(F)(F)F)c3=O)c2)(c2nncn2C)C1. The van der Waals surface area contributed by atoms with E-state index in [9.17, 15) is 22.8 Å². The Balaban J connectivity index is 1.63. The van der Waals surface area contributed by atoms with Crippen LogP contribution >= 0.6 is 0 Å². The Bertz CT molecular complexity index is 1400. The number of nitrogens with one attached hydrogen (secondary N) is 2. The number of rotatable bonds is 8. The van der Waals surface area contributed by atoms with E-state index in [1.807, 2.05) is 44.5 Å². The highest BCUT2D eigenvalue weighted by molar-refractivity contribution is 6.04. The smallest absolute Gasteiger partial charge is 0.322 e. The van der Waals surface area contributed by atoms with E-state index in [0.29, 0.717) is 28.3 Å². The van der Waals surface area contributed by atoms with Gasteiger partial charge in [0.25, 0.3) is 11.5 Å². The van der Waals surface area contributed by atoms with Crippen LogP contribution in [0.3, 0.4) is 0 Å². The number of benzene rings is 1. The molecule has 2 aromatic heterocycles. The lowest BCUT2D eigenvalue weighted by atomic mass is 9.58. The van der Waals surface area contributed by atoms with E-state index >= 15 is 0 Å². The van der Waals surface area contributed by atoms with Gasteiger partial charge in [-0.1, -0.05) is 39.8 Å². The number of pyridine rings is 1. The molecule has 210 valence electrons. The van der Waals surface area contributed by atoms with E-state index in [1.54, 1.807) is 18.5 Å². The molecule has 0 bridgehead atoms. The zero-order valence-electron chi connectivity index (χ0n) is 22.9. The van der Waals surface area contributed by atoms with Gasteiger partial charge in [-0.25, -0.2) is 0 Å². The highest BCUT2D eigenvalue weighted by Crippen LogP contribution is 2.51. The number of anilines is 1. The largest absolute Gasteiger partial charge is 0.406 e. The number of carbonyl (C=O) groups excluding carboxylic acids is 1. The average molecular weight is 545 g/mol. The number of aromatic nitrogens is 4. The Hall–Kier alpha value is -3.47. The number of nitrogens with zero attached hydrogens (tertiary/aromatic N) is 4. The van der Waals surface area contributed by atoms with Crippen molar-refractivity contribution in [1.82, 2.24) is 24.6 Å². The summed E-state index contributed by atoms with van der Waals surface area (Å²) in [5, 5.41) is 14.3. The van der Waals surface area contributed by atoms with Gasteiger partial charge in [0, 0.05) is 32.0 Å². The zero-order valence-corrected chi connectivity index (χ0v) is 22.9. The topological polar surface area (TPSA) is 93.8 Å². The monoisotopic (exact) mass is 544 g/mol. The summed E-state index contributed by atoms with van der Waals surface area (Å²) in [6.07, 6.45) is -0.0743. The first kappa shape index (κ1) is 28.5. The number of hydrogen-bond donors (Lipinski definition) is 2. The van der Waals surface area contributed by atoms with E-state index in [2.05, 4.69) is 27.8 Å². The van der Waals surface area contributed by atoms with Crippen LogP contribution in [0.5, 0.6) is 0 Å². The molecule has 0 aliphatic heterocycles. The number of alkyl halides is 3. The lowest BCUT2D eigenvalue weighted by Crippen LogP contribution is -2.43. The molecule has 1 aliphatic carbocycles. The molecule has 1 amide bonds. The highest BCUT2D eigenvalue weighted by Gasteiger charge is 2.48. The first-order valence-electron chi connectivity index (χ1n) is 12.9. The summed E-state index contributed by atoms with van der Waals surface area (Å²) >= 11 is 0. The molecule has 39 heavy (non-hydrogen) atoms. The fourth-order valence-electron chi connectivity index (χ4n) is 5.34. The quantitative estimate of drug-likeness (QED) is 0.431. The lowest BCUT2D eigenvalue weighted by molar-refractivity contribution is -0.141. The van der Waals surface area contributed by atoms with Gasteiger partial charge < -0.3 is 19.8 Å². The Morgan fingerprint density at radius 2 is 1.90 bits per heavy atom. The van der Waals surface area contributed by atoms with Crippen LogP contribution in [0.1, 0.15) is 67.8 Å². The second-order valence-corrected chi connectivity index (χ2v) is 11.9. The summed E-state index contributed by atoms with van der Waals surface area (Å²) < 4.78 is 42.1. The molecule has 4 rings (SSSR count). The van der Waals surface area contributed by atoms with Crippen molar-refractivity contribution in [2.45, 2.75) is 65.2 Å². The first-order chi connectivity index (χ1) is 18.2. The fraction of sp³-hybridized carbons (Fsp3) is 0.500. The molecule has 1 aromatic carbocycles. The Morgan fingerprint density at radius 3 is 2.49 bits per heavy atom. The summed E-state index contributed by atoms with van der Waals surface area (Å²) in [4.78, 5) is 26.2. The van der Waals surface area contributed by atoms with Crippen LogP contribution in [0.4, 0.5) is 18.9 Å². The van der Waals surface area contributed by atoms with Gasteiger partial charge in [-0.3, -0.25) is 9.59 Å². The van der Waals surface area contributed by atoms with Crippen LogP contribution in [0.2, 0.25) is 0 Å². The first-order valence-corrected chi connectivity index (χ1v) is 12.9. The number of carbonyl (C=O) groups is 1. The minimum Gasteiger partial charge on any atom is -0.322 e. The molecular weight excluding hydrogens is 509 g/mol. The molecule has 2 N–H and O–H groups in total. The van der Waals surface area contributed by atoms with Gasteiger partial charge >= 0.3 is 6.18 Å². The van der Waals surface area contributed by atoms with Gasteiger partial charge in [0.15, 0.2) is 0 Å². The van der Waals surface area contributed by atoms with Crippen molar-refractivity contribution in [3.8, 4) is 0 Å². The molecule has 0 atom stereocenters. The second-order valence-electron chi connectivity index (χ2n) is 11.9. The standard InChI is InChI=1S/C28H35F3N6O2/c1-18-11-27(12-18,25-35-33-17-36(25)5)20-7-6-8-21(10-20)34-23(38)22-9-19(13-32-15-26(2,3)4)14-37(24(22)39)16-28(29,30)31/h6-10,14,17-18,32H,11-13,15-16H2,1-5H3,(H,34,38). The number of amides is 1. The van der Waals surface area contributed by atoms with Crippen molar-refractivity contribution < 1.29 is 18.0 Å². The van der Waals surface area contributed by atoms with Gasteiger partial charge in [-0.15, -0.1) is 10.2 Å². The van der Waals surface area contributed by atoms with Crippen molar-refractivity contribution >= 4 is 11.6 Å². The van der Waals surface area contributed by atoms with E-state index in [0.717, 1.165) is 30.4 Å². The molecule has 1 fully saturated rings. The maximum atomic E-state index is 13.3. The second kappa shape index (κ2) is 10.6. The van der Waals surface area contributed by atoms with Crippen LogP contribution in [-0.4, -0.2) is 38.0 Å². The van der Waals surface area contributed by atoms with E-state index < -0.39 is 24.2 Å². The third-order valence-corrected chi connectivity index (χ3v) is 6.93. The molecule has 0 saturated heterocycles. The van der Waals surface area contributed by atoms with Crippen molar-refractivity contribution in [2.24, 2.45) is 18.4 Å². The van der Waals surface area contributed by atoms with E-state index in [1.165, 1.54) is 6.07 Å². The molecule has 2 heterocycles. The van der Waals surface area contributed by atoms with Gasteiger partial charge in [-0.2, -0.15) is 13.2 Å². The van der Waals surface area contributed by atoms with Crippen LogP contribution in [-0.2, 0) is 25.6 Å². The Labute approximate surface area is 225 Å². The molecule has 0 unspecified atom stereocenters. The van der Waals surface area contributed by atoms with Crippen molar-refractivity contribution in [2.75, 3.05) is 11.9 Å². The van der Waals surface area contributed by atoms with Gasteiger partial charge in [-0.05, 0) is 53.5 Å². The molecule has 1 saturated carbocycles. The number of halogens is 3. The number of aryl methyl sites for hydroxylation is 1. The molecule has 1 aliphatic rings. The summed E-state index contributed by atoms with van der Waals surface area (Å²) in [6.45, 7) is 7.57. The van der Waals surface area contributed by atoms with Crippen molar-refractivity contribution in [3.63, 3.8) is 0 Å². The van der Waals surface area contributed by atoms with Gasteiger partial charge in [0.05, 0.1) is 5.41 Å². The predicted octanol–water partition coefficient (Wildman–Crippen LogP) is 4.64.